The van der Waals surface area contributed by atoms with E-state index in [1.807, 2.05) is 0 Å². The van der Waals surface area contributed by atoms with Gasteiger partial charge in [-0.1, -0.05) is 69.2 Å². The number of amides is 14. The van der Waals surface area contributed by atoms with E-state index in [9.17, 15) is 81.4 Å². The lowest BCUT2D eigenvalue weighted by atomic mass is 10.0. The lowest BCUT2D eigenvalue weighted by molar-refractivity contribution is -0.141. The molecule has 0 radical (unpaired) electrons. The standard InChI is InChI=1S/C77H120FN19O27S3/c78-53-13-11-52(12-14-53)41-90-124-47-67(103)86-20-24-116-28-32-120-35-37-121-36-34-119-31-27-115-23-19-85-66(102)46-123-45-64(100)83-16-5-4-9-56-72(109)96-60-49-126-127-50-61(97-74(111)58(40-68(104)105)91-63(99)42-89-70(107)55(93-75(60)112)10-6-17-88-77(81)82)76(113)94-57(39-51-7-2-1-3-8-51)73(110)95-59(48-125-38-15-54(79)69(106)92-56)71(108)87-21-25-117-29-33-118-30-26-114-22-18-84-65(101)44-122-43-62(80)98/h1-3,7-8,11-14,41,54-61H,4-6,9-10,15-40,42-50,79H2,(H2,80,98)(H,83,100)(H,84,101)(H,85,102)(H,86,103)(H,87,108)(H,89,107)(H,91,99)(H,92,106)(H,93,112)(H,94,113)(H,95,110)(H,96,109)(H,97,111)(H,104,105)(H4,81,82,88)/b90-41+/t54-,55-,56-,57-,58-,59-,60-,61-/m0/s1/i78-1. The van der Waals surface area contributed by atoms with E-state index in [4.69, 9.17) is 75.1 Å². The first-order chi connectivity index (χ1) is 61.3. The molecule has 2 aromatic carbocycles. The predicted octanol–water partition coefficient (Wildman–Crippen LogP) is -7.28. The zero-order chi connectivity index (χ0) is 92.4. The number of oxime groups is 1. The summed E-state index contributed by atoms with van der Waals surface area (Å²) in [4.78, 5) is 210. The number of carbonyl (C=O) groups is 15. The minimum absolute atomic E-state index is 0.0181. The molecule has 2 saturated heterocycles. The average Bonchev–Trinajstić information content (AvgIpc) is 1.47. The van der Waals surface area contributed by atoms with E-state index in [2.05, 4.69) is 79.3 Å². The number of carboxylic acid groups (broad SMARTS) is 1. The normalized spacial score (nSPS) is 19.1. The van der Waals surface area contributed by atoms with Gasteiger partial charge in [0.15, 0.2) is 12.6 Å². The molecule has 0 unspecified atom stereocenters. The number of carboxylic acids is 1. The van der Waals surface area contributed by atoms with Crippen LogP contribution in [0.3, 0.4) is 0 Å². The van der Waals surface area contributed by atoms with Crippen molar-refractivity contribution in [2.45, 2.75) is 99.7 Å². The number of thioether (sulfide) groups is 1. The Kier molecular flexibility index (Phi) is 58.4. The van der Waals surface area contributed by atoms with Crippen molar-refractivity contribution < 1.29 is 134 Å². The molecule has 0 saturated carbocycles. The van der Waals surface area contributed by atoms with Gasteiger partial charge in [-0.25, -0.2) is 4.39 Å². The average molecular weight is 1860 g/mol. The molecule has 46 nitrogen and oxygen atoms in total. The van der Waals surface area contributed by atoms with E-state index in [1.165, 1.54) is 30.5 Å². The second-order valence-corrected chi connectivity index (χ2v) is 31.3. The number of guanidine groups is 1. The van der Waals surface area contributed by atoms with E-state index in [1.54, 1.807) is 30.3 Å². The number of ether oxygens (including phenoxy) is 10. The van der Waals surface area contributed by atoms with Gasteiger partial charge in [-0.2, -0.15) is 11.8 Å². The van der Waals surface area contributed by atoms with Gasteiger partial charge < -0.3 is 149 Å². The molecule has 2 bridgehead atoms. The summed E-state index contributed by atoms with van der Waals surface area (Å²) in [6.45, 7) is 1.12. The molecule has 0 aliphatic carbocycles. The second-order valence-electron chi connectivity index (χ2n) is 27.6. The zero-order valence-electron chi connectivity index (χ0n) is 70.5. The third kappa shape index (κ3) is 53.9. The van der Waals surface area contributed by atoms with Crippen molar-refractivity contribution in [1.29, 1.82) is 0 Å². The van der Waals surface area contributed by atoms with Crippen molar-refractivity contribution in [2.24, 2.45) is 33.1 Å². The number of unbranched alkanes of at least 4 members (excludes halogenated alkanes) is 1. The minimum atomic E-state index is -1.87. The number of hydrogen-bond acceptors (Lipinski definition) is 32. The summed E-state index contributed by atoms with van der Waals surface area (Å²) in [6, 6.07) is 1.86. The monoisotopic (exact) mass is 1860 g/mol. The SMILES string of the molecule is NC(=O)COCC(=O)NCCOCCOCCOCCNC(=O)[C@@H]1CSCC[C@H](N)C(=O)N[C@@H](CCCCNC(=O)COCC(=O)NCCOCCOCCOCCOCCOCCNC(=O)CO/N=C/c2ccc([18F])cc2)C(=O)N[C@H]2CSSC[C@H](NC(=O)[C@H](CC(=O)O)NC(=O)CNC(=O)[C@H](CCCN=C(N)N)NC2=O)C(=O)N[C@@H](Cc2ccccc2)C(=O)N1. The lowest BCUT2D eigenvalue weighted by Gasteiger charge is -2.27. The zero-order valence-corrected chi connectivity index (χ0v) is 73.0. The number of nitrogens with two attached hydrogens (primary N) is 4. The Bertz CT molecular complexity index is 3750. The topological polar surface area (TPSA) is 663 Å². The van der Waals surface area contributed by atoms with Crippen LogP contribution in [0.5, 0.6) is 0 Å². The lowest BCUT2D eigenvalue weighted by Crippen LogP contribution is -2.60. The molecule has 50 heteroatoms. The Morgan fingerprint density at radius 1 is 0.472 bits per heavy atom. The van der Waals surface area contributed by atoms with Crippen LogP contribution in [0.1, 0.15) is 56.1 Å². The maximum absolute atomic E-state index is 14.8. The van der Waals surface area contributed by atoms with E-state index >= 15 is 0 Å². The smallest absolute Gasteiger partial charge is 0.305 e. The summed E-state index contributed by atoms with van der Waals surface area (Å²) in [6.07, 6.45) is 0.203. The fourth-order valence-electron chi connectivity index (χ4n) is 10.8. The third-order valence-electron chi connectivity index (χ3n) is 17.2. The van der Waals surface area contributed by atoms with Crippen LogP contribution < -0.4 is 92.1 Å². The molecule has 2 heterocycles. The number of rotatable bonds is 56. The molecule has 2 fully saturated rings. The molecule has 2 aliphatic rings. The summed E-state index contributed by atoms with van der Waals surface area (Å²) in [7, 11) is 1.75. The van der Waals surface area contributed by atoms with Crippen LogP contribution in [0.2, 0.25) is 0 Å². The predicted molar refractivity (Wildman–Crippen MR) is 460 cm³/mol. The molecule has 4 rings (SSSR count). The van der Waals surface area contributed by atoms with Crippen molar-refractivity contribution in [3.05, 3.63) is 71.5 Å². The van der Waals surface area contributed by atoms with Gasteiger partial charge in [-0.3, -0.25) is 76.9 Å². The van der Waals surface area contributed by atoms with Gasteiger partial charge >= 0.3 is 5.97 Å². The largest absolute Gasteiger partial charge is 0.481 e. The molecule has 22 N–H and O–H groups in total. The van der Waals surface area contributed by atoms with Crippen LogP contribution in [0.25, 0.3) is 0 Å². The first-order valence-electron chi connectivity index (χ1n) is 40.9. The molecule has 2 aromatic rings. The van der Waals surface area contributed by atoms with Crippen LogP contribution in [-0.4, -0.2) is 362 Å². The van der Waals surface area contributed by atoms with Crippen molar-refractivity contribution >= 4 is 134 Å². The van der Waals surface area contributed by atoms with E-state index in [0.29, 0.717) is 50.8 Å². The first kappa shape index (κ1) is 109. The number of aliphatic imine (C=N–C) groups is 1. The van der Waals surface area contributed by atoms with Gasteiger partial charge in [0.25, 0.3) is 5.91 Å². The molecule has 0 spiro atoms. The summed E-state index contributed by atoms with van der Waals surface area (Å²) < 4.78 is 67.2. The number of aliphatic carboxylic acids is 1. The van der Waals surface area contributed by atoms with Crippen LogP contribution in [0, 0.1) is 5.82 Å². The van der Waals surface area contributed by atoms with Gasteiger partial charge in [-0.05, 0) is 67.5 Å². The van der Waals surface area contributed by atoms with Crippen molar-refractivity contribution in [3.63, 3.8) is 0 Å². The molecule has 8 atom stereocenters. The van der Waals surface area contributed by atoms with Crippen LogP contribution >= 0.6 is 33.3 Å². The quantitative estimate of drug-likeness (QED) is 0.00962. The Hall–Kier alpha value is -10.2. The number of halogens is 1. The highest BCUT2D eigenvalue weighted by molar-refractivity contribution is 8.76. The van der Waals surface area contributed by atoms with E-state index in [0.717, 1.165) is 33.3 Å². The molecular formula is C77H120FN19O27S3. The Morgan fingerprint density at radius 2 is 0.929 bits per heavy atom. The van der Waals surface area contributed by atoms with Gasteiger partial charge in [0, 0.05) is 62.9 Å². The first-order valence-corrected chi connectivity index (χ1v) is 44.5. The summed E-state index contributed by atoms with van der Waals surface area (Å²) in [5, 5.41) is 47.3. The Balaban J connectivity index is 1.36. The highest BCUT2D eigenvalue weighted by Crippen LogP contribution is 2.24. The highest BCUT2D eigenvalue weighted by atomic mass is 33.1. The van der Waals surface area contributed by atoms with Crippen LogP contribution in [0.15, 0.2) is 64.7 Å². The number of carbonyl (C=O) groups excluding carboxylic acids is 14. The van der Waals surface area contributed by atoms with E-state index < -0.39 is 170 Å². The molecule has 710 valence electrons. The maximum Gasteiger partial charge on any atom is 0.305 e. The number of nitrogens with one attached hydrogen (secondary N) is 13. The second kappa shape index (κ2) is 68.0. The Morgan fingerprint density at radius 3 is 1.45 bits per heavy atom. The molecule has 2 aliphatic heterocycles. The number of primary amides is 1. The van der Waals surface area contributed by atoms with Crippen molar-refractivity contribution in [3.8, 4) is 0 Å². The number of benzene rings is 2. The van der Waals surface area contributed by atoms with Crippen molar-refractivity contribution in [1.82, 2.24) is 69.1 Å². The fourth-order valence-corrected chi connectivity index (χ4v) is 14.2. The summed E-state index contributed by atoms with van der Waals surface area (Å²) in [5.74, 6) is -14.2. The molecule has 0 aromatic heterocycles. The van der Waals surface area contributed by atoms with Gasteiger partial charge in [-0.15, -0.1) is 0 Å². The van der Waals surface area contributed by atoms with Crippen LogP contribution in [0.4, 0.5) is 4.39 Å². The van der Waals surface area contributed by atoms with Gasteiger partial charge in [0.2, 0.25) is 76.8 Å². The van der Waals surface area contributed by atoms with Crippen molar-refractivity contribution in [2.75, 3.05) is 208 Å². The fraction of sp³-hybridized carbons (Fsp3) is 0.623. The number of hydrogen-bond donors (Lipinski definition) is 18. The number of fused-ring (bicyclic) bond motifs is 5. The Labute approximate surface area is 745 Å². The van der Waals surface area contributed by atoms with Gasteiger partial charge in [0.1, 0.15) is 74.5 Å². The highest BCUT2D eigenvalue weighted by Gasteiger charge is 2.36. The molecular weight excluding hydrogens is 1740 g/mol. The van der Waals surface area contributed by atoms with Crippen LogP contribution in [-0.2, 0) is 131 Å². The molecule has 127 heavy (non-hydrogen) atoms. The maximum atomic E-state index is 14.8. The van der Waals surface area contributed by atoms with Gasteiger partial charge in [0.05, 0.1) is 131 Å². The number of nitrogens with zero attached hydrogens (tertiary/aromatic N) is 2. The molecule has 14 amide bonds. The third-order valence-corrected chi connectivity index (χ3v) is 20.8. The minimum Gasteiger partial charge on any atom is -0.481 e. The summed E-state index contributed by atoms with van der Waals surface area (Å²) >= 11 is 1.10. The summed E-state index contributed by atoms with van der Waals surface area (Å²) in [5.41, 5.74) is 23.7. The van der Waals surface area contributed by atoms with E-state index in [-0.39, 0.29) is 198 Å².